The zero-order chi connectivity index (χ0) is 14.6. The first kappa shape index (κ1) is 15.0. The minimum Gasteiger partial charge on any atom is -0.466 e. The first-order chi connectivity index (χ1) is 8.81. The van der Waals surface area contributed by atoms with Crippen LogP contribution in [-0.2, 0) is 22.1 Å². The topological polar surface area (TPSA) is 50.1 Å². The van der Waals surface area contributed by atoms with Crippen molar-refractivity contribution in [3.63, 3.8) is 0 Å². The van der Waals surface area contributed by atoms with Gasteiger partial charge in [0.15, 0.2) is 0 Å². The molecule has 0 atom stereocenters. The summed E-state index contributed by atoms with van der Waals surface area (Å²) < 4.78 is 43.4. The average Bonchev–Trinajstić information content (AvgIpc) is 2.30. The molecule has 0 heterocycles. The van der Waals surface area contributed by atoms with Gasteiger partial charge in [-0.2, -0.15) is 18.4 Å². The van der Waals surface area contributed by atoms with Crippen molar-refractivity contribution >= 4 is 5.97 Å². The first-order valence-electron chi connectivity index (χ1n) is 5.56. The number of carbonyl (C=O) groups excluding carboxylic acids is 1. The molecule has 3 nitrogen and oxygen atoms in total. The molecule has 0 aliphatic rings. The Morgan fingerprint density at radius 2 is 2.05 bits per heavy atom. The van der Waals surface area contributed by atoms with E-state index in [4.69, 9.17) is 10.00 Å². The van der Waals surface area contributed by atoms with E-state index >= 15 is 0 Å². The zero-order valence-corrected chi connectivity index (χ0v) is 10.5. The van der Waals surface area contributed by atoms with E-state index in [9.17, 15) is 18.0 Å². The predicted octanol–water partition coefficient (Wildman–Crippen LogP) is 2.99. The van der Waals surface area contributed by atoms with E-state index in [0.29, 0.717) is 0 Å². The van der Waals surface area contributed by atoms with Crippen LogP contribution in [0.3, 0.4) is 0 Å². The second-order valence-electron chi connectivity index (χ2n) is 3.86. The standard InChI is InChI=1S/C13H12F3NO2/c1-3-19-11(18)6-9-4-5-10(7-17)12(8(9)2)13(14,15)16/h4-5H,3,6H2,1-2H3. The SMILES string of the molecule is CCOC(=O)Cc1ccc(C#N)c(C(F)(F)F)c1C. The van der Waals surface area contributed by atoms with Gasteiger partial charge in [-0.25, -0.2) is 0 Å². The lowest BCUT2D eigenvalue weighted by atomic mass is 9.95. The zero-order valence-electron chi connectivity index (χ0n) is 10.5. The molecule has 0 saturated heterocycles. The van der Waals surface area contributed by atoms with Crippen molar-refractivity contribution in [2.75, 3.05) is 6.61 Å². The van der Waals surface area contributed by atoms with Crippen LogP contribution < -0.4 is 0 Å². The van der Waals surface area contributed by atoms with E-state index in [0.717, 1.165) is 6.07 Å². The van der Waals surface area contributed by atoms with Crippen molar-refractivity contribution in [2.24, 2.45) is 0 Å². The lowest BCUT2D eigenvalue weighted by molar-refractivity contribution is -0.143. The summed E-state index contributed by atoms with van der Waals surface area (Å²) in [6.45, 7) is 3.03. The lowest BCUT2D eigenvalue weighted by Gasteiger charge is -2.15. The van der Waals surface area contributed by atoms with Crippen LogP contribution in [0, 0.1) is 18.3 Å². The third kappa shape index (κ3) is 3.47. The molecule has 6 heteroatoms. The van der Waals surface area contributed by atoms with Crippen LogP contribution in [0.5, 0.6) is 0 Å². The third-order valence-corrected chi connectivity index (χ3v) is 2.62. The monoisotopic (exact) mass is 271 g/mol. The maximum Gasteiger partial charge on any atom is 0.417 e. The Hall–Kier alpha value is -2.03. The first-order valence-corrected chi connectivity index (χ1v) is 5.56. The number of ether oxygens (including phenoxy) is 1. The molecule has 0 aromatic heterocycles. The fourth-order valence-electron chi connectivity index (χ4n) is 1.77. The molecule has 0 aliphatic heterocycles. The van der Waals surface area contributed by atoms with Crippen LogP contribution in [0.25, 0.3) is 0 Å². The van der Waals surface area contributed by atoms with Gasteiger partial charge in [0.1, 0.15) is 0 Å². The van der Waals surface area contributed by atoms with Gasteiger partial charge < -0.3 is 4.74 Å². The number of hydrogen-bond donors (Lipinski definition) is 0. The van der Waals surface area contributed by atoms with Crippen LogP contribution in [0.15, 0.2) is 12.1 Å². The number of benzene rings is 1. The van der Waals surface area contributed by atoms with Gasteiger partial charge in [0.2, 0.25) is 0 Å². The van der Waals surface area contributed by atoms with Gasteiger partial charge in [-0.05, 0) is 31.0 Å². The van der Waals surface area contributed by atoms with Gasteiger partial charge >= 0.3 is 12.1 Å². The number of hydrogen-bond acceptors (Lipinski definition) is 3. The van der Waals surface area contributed by atoms with E-state index in [1.165, 1.54) is 19.1 Å². The highest BCUT2D eigenvalue weighted by molar-refractivity contribution is 5.73. The summed E-state index contributed by atoms with van der Waals surface area (Å²) in [5.74, 6) is -0.594. The number of halogens is 3. The third-order valence-electron chi connectivity index (χ3n) is 2.62. The van der Waals surface area contributed by atoms with E-state index in [1.807, 2.05) is 0 Å². The highest BCUT2D eigenvalue weighted by atomic mass is 19.4. The van der Waals surface area contributed by atoms with Crippen LogP contribution in [0.2, 0.25) is 0 Å². The van der Waals surface area contributed by atoms with Crippen LogP contribution in [-0.4, -0.2) is 12.6 Å². The molecule has 0 spiro atoms. The Morgan fingerprint density at radius 1 is 1.42 bits per heavy atom. The van der Waals surface area contributed by atoms with E-state index in [-0.39, 0.29) is 24.2 Å². The molecule has 0 amide bonds. The van der Waals surface area contributed by atoms with E-state index in [1.54, 1.807) is 6.92 Å². The predicted molar refractivity (Wildman–Crippen MR) is 61.2 cm³/mol. The molecule has 102 valence electrons. The summed E-state index contributed by atoms with van der Waals surface area (Å²) in [5.41, 5.74) is -1.33. The number of nitrogens with zero attached hydrogens (tertiary/aromatic N) is 1. The molecule has 0 unspecified atom stereocenters. The molecule has 0 fully saturated rings. The van der Waals surface area contributed by atoms with Crippen molar-refractivity contribution < 1.29 is 22.7 Å². The van der Waals surface area contributed by atoms with Crippen molar-refractivity contribution in [1.82, 2.24) is 0 Å². The molecule has 0 bridgehead atoms. The normalized spacial score (nSPS) is 10.9. The summed E-state index contributed by atoms with van der Waals surface area (Å²) in [7, 11) is 0. The highest BCUT2D eigenvalue weighted by Gasteiger charge is 2.36. The number of rotatable bonds is 3. The average molecular weight is 271 g/mol. The van der Waals surface area contributed by atoms with Gasteiger partial charge in [-0.3, -0.25) is 4.79 Å². The molecule has 19 heavy (non-hydrogen) atoms. The Labute approximate surface area is 108 Å². The lowest BCUT2D eigenvalue weighted by Crippen LogP contribution is -2.14. The van der Waals surface area contributed by atoms with Crippen molar-refractivity contribution in [1.29, 1.82) is 5.26 Å². The quantitative estimate of drug-likeness (QED) is 0.794. The van der Waals surface area contributed by atoms with Crippen LogP contribution in [0.1, 0.15) is 29.2 Å². The van der Waals surface area contributed by atoms with E-state index < -0.39 is 23.3 Å². The molecule has 0 saturated carbocycles. The Morgan fingerprint density at radius 3 is 2.53 bits per heavy atom. The Kier molecular flexibility index (Phi) is 4.54. The number of carbonyl (C=O) groups is 1. The minimum absolute atomic E-state index is 0.111. The summed E-state index contributed by atoms with van der Waals surface area (Å²) in [6.07, 6.45) is -4.87. The van der Waals surface area contributed by atoms with Crippen molar-refractivity contribution in [3.05, 3.63) is 34.4 Å². The molecule has 1 rings (SSSR count). The number of esters is 1. The molecular formula is C13H12F3NO2. The second-order valence-corrected chi connectivity index (χ2v) is 3.86. The van der Waals surface area contributed by atoms with Gasteiger partial charge in [-0.15, -0.1) is 0 Å². The van der Waals surface area contributed by atoms with Crippen LogP contribution in [0.4, 0.5) is 13.2 Å². The van der Waals surface area contributed by atoms with Gasteiger partial charge in [0.25, 0.3) is 0 Å². The number of nitriles is 1. The molecule has 1 aromatic carbocycles. The molecule has 0 radical (unpaired) electrons. The summed E-state index contributed by atoms with van der Waals surface area (Å²) >= 11 is 0. The summed E-state index contributed by atoms with van der Waals surface area (Å²) in [4.78, 5) is 11.3. The molecular weight excluding hydrogens is 259 g/mol. The summed E-state index contributed by atoms with van der Waals surface area (Å²) in [5, 5.41) is 8.72. The van der Waals surface area contributed by atoms with Crippen LogP contribution >= 0.6 is 0 Å². The molecule has 0 aliphatic carbocycles. The van der Waals surface area contributed by atoms with Crippen molar-refractivity contribution in [2.45, 2.75) is 26.4 Å². The van der Waals surface area contributed by atoms with E-state index in [2.05, 4.69) is 0 Å². The van der Waals surface area contributed by atoms with Gasteiger partial charge in [0, 0.05) is 0 Å². The maximum atomic E-state index is 12.9. The Bertz CT molecular complexity index is 530. The number of alkyl halides is 3. The minimum atomic E-state index is -4.63. The smallest absolute Gasteiger partial charge is 0.417 e. The second kappa shape index (κ2) is 5.74. The molecule has 0 N–H and O–H groups in total. The largest absolute Gasteiger partial charge is 0.466 e. The maximum absolute atomic E-state index is 12.9. The molecule has 1 aromatic rings. The van der Waals surface area contributed by atoms with Crippen molar-refractivity contribution in [3.8, 4) is 6.07 Å². The fourth-order valence-corrected chi connectivity index (χ4v) is 1.77. The summed E-state index contributed by atoms with van der Waals surface area (Å²) in [6, 6.07) is 3.93. The highest BCUT2D eigenvalue weighted by Crippen LogP contribution is 2.35. The van der Waals surface area contributed by atoms with Gasteiger partial charge in [0.05, 0.1) is 30.2 Å². The Balaban J connectivity index is 3.25. The fraction of sp³-hybridized carbons (Fsp3) is 0.385. The van der Waals surface area contributed by atoms with Gasteiger partial charge in [-0.1, -0.05) is 6.07 Å².